The fraction of sp³-hybridized carbons (Fsp3) is 0.609. The van der Waals surface area contributed by atoms with Crippen molar-refractivity contribution in [2.24, 2.45) is 5.92 Å². The molecule has 8 heteroatoms. The van der Waals surface area contributed by atoms with Crippen molar-refractivity contribution in [1.29, 1.82) is 0 Å². The summed E-state index contributed by atoms with van der Waals surface area (Å²) in [5.74, 6) is 1.95. The van der Waals surface area contributed by atoms with Gasteiger partial charge in [-0.25, -0.2) is 4.98 Å². The number of rotatable bonds is 6. The predicted molar refractivity (Wildman–Crippen MR) is 122 cm³/mol. The summed E-state index contributed by atoms with van der Waals surface area (Å²) in [5, 5.41) is 0. The summed E-state index contributed by atoms with van der Waals surface area (Å²) in [7, 11) is 2.12. The number of nitrogens with two attached hydrogens (primary N) is 1. The molecule has 0 aliphatic carbocycles. The van der Waals surface area contributed by atoms with Gasteiger partial charge >= 0.3 is 0 Å². The first-order valence-electron chi connectivity index (χ1n) is 11.5. The van der Waals surface area contributed by atoms with Gasteiger partial charge in [-0.3, -0.25) is 4.79 Å². The largest absolute Gasteiger partial charge is 0.384 e. The van der Waals surface area contributed by atoms with Crippen molar-refractivity contribution < 1.29 is 0 Å². The van der Waals surface area contributed by atoms with Crippen molar-refractivity contribution >= 4 is 11.8 Å². The summed E-state index contributed by atoms with van der Waals surface area (Å²) in [6.07, 6.45) is 5.47. The van der Waals surface area contributed by atoms with Crippen molar-refractivity contribution in [3.8, 4) is 0 Å². The lowest BCUT2D eigenvalue weighted by molar-refractivity contribution is 0.249. The van der Waals surface area contributed by atoms with Crippen molar-refractivity contribution in [2.75, 3.05) is 56.9 Å². The standard InChI is InChI=1S/C23H33N7O/c1-27(10-11-28-8-2-3-9-28)15-18-4-5-20-19-12-17(14-30(20)22(18)31)13-29(16-19)23-25-7-6-21(24)26-23/h4-7,17,19H,2-3,8-16H2,1H3,(H2,24,25,26)/t17-,19+/m0/s1. The van der Waals surface area contributed by atoms with Gasteiger partial charge in [-0.1, -0.05) is 6.07 Å². The molecule has 0 radical (unpaired) electrons. The Bertz CT molecular complexity index is 984. The molecule has 2 aromatic heterocycles. The average molecular weight is 424 g/mol. The summed E-state index contributed by atoms with van der Waals surface area (Å²) >= 11 is 0. The molecule has 3 aliphatic rings. The number of fused-ring (bicyclic) bond motifs is 4. The zero-order valence-corrected chi connectivity index (χ0v) is 18.4. The number of hydrogen-bond acceptors (Lipinski definition) is 7. The smallest absolute Gasteiger partial charge is 0.255 e. The molecule has 8 nitrogen and oxygen atoms in total. The molecular weight excluding hydrogens is 390 g/mol. The predicted octanol–water partition coefficient (Wildman–Crippen LogP) is 1.37. The summed E-state index contributed by atoms with van der Waals surface area (Å²) in [6.45, 7) is 7.71. The lowest BCUT2D eigenvalue weighted by atomic mass is 9.83. The highest BCUT2D eigenvalue weighted by Gasteiger charge is 2.36. The topological polar surface area (TPSA) is 83.5 Å². The van der Waals surface area contributed by atoms with E-state index in [9.17, 15) is 4.79 Å². The first kappa shape index (κ1) is 20.5. The molecule has 31 heavy (non-hydrogen) atoms. The van der Waals surface area contributed by atoms with Gasteiger partial charge in [0.25, 0.3) is 5.56 Å². The van der Waals surface area contributed by atoms with Gasteiger partial charge in [0.15, 0.2) is 0 Å². The zero-order chi connectivity index (χ0) is 21.4. The Morgan fingerprint density at radius 1 is 1.16 bits per heavy atom. The summed E-state index contributed by atoms with van der Waals surface area (Å²) in [6, 6.07) is 5.94. The number of aromatic nitrogens is 3. The van der Waals surface area contributed by atoms with Crippen molar-refractivity contribution in [3.05, 3.63) is 46.0 Å². The molecule has 2 aromatic rings. The highest BCUT2D eigenvalue weighted by atomic mass is 16.1. The van der Waals surface area contributed by atoms with Crippen LogP contribution in [0.3, 0.4) is 0 Å². The normalized spacial score (nSPS) is 23.4. The van der Waals surface area contributed by atoms with E-state index in [-0.39, 0.29) is 5.56 Å². The van der Waals surface area contributed by atoms with E-state index in [4.69, 9.17) is 5.73 Å². The summed E-state index contributed by atoms with van der Waals surface area (Å²) in [5.41, 5.74) is 8.11. The Morgan fingerprint density at radius 2 is 2.00 bits per heavy atom. The lowest BCUT2D eigenvalue weighted by Crippen LogP contribution is -2.48. The molecule has 2 fully saturated rings. The molecule has 0 unspecified atom stereocenters. The molecule has 5 rings (SSSR count). The van der Waals surface area contributed by atoms with E-state index < -0.39 is 0 Å². The number of nitrogens with zero attached hydrogens (tertiary/aromatic N) is 6. The van der Waals surface area contributed by atoms with Gasteiger partial charge in [0.1, 0.15) is 5.82 Å². The minimum absolute atomic E-state index is 0.189. The van der Waals surface area contributed by atoms with Crippen LogP contribution in [0.15, 0.2) is 29.2 Å². The first-order chi connectivity index (χ1) is 15.1. The van der Waals surface area contributed by atoms with Gasteiger partial charge in [0.2, 0.25) is 5.95 Å². The fourth-order valence-corrected chi connectivity index (χ4v) is 5.48. The van der Waals surface area contributed by atoms with Crippen molar-refractivity contribution in [1.82, 2.24) is 24.3 Å². The Kier molecular flexibility index (Phi) is 5.67. The van der Waals surface area contributed by atoms with Crippen LogP contribution in [0.5, 0.6) is 0 Å². The molecule has 2 saturated heterocycles. The molecule has 0 saturated carbocycles. The average Bonchev–Trinajstić information content (AvgIpc) is 3.28. The van der Waals surface area contributed by atoms with E-state index in [1.54, 1.807) is 12.3 Å². The highest BCUT2D eigenvalue weighted by molar-refractivity contribution is 5.40. The second-order valence-electron chi connectivity index (χ2n) is 9.47. The first-order valence-corrected chi connectivity index (χ1v) is 11.5. The molecule has 2 atom stereocenters. The van der Waals surface area contributed by atoms with Crippen LogP contribution in [0, 0.1) is 5.92 Å². The third-order valence-corrected chi connectivity index (χ3v) is 7.07. The maximum atomic E-state index is 13.3. The van der Waals surface area contributed by atoms with Crippen LogP contribution in [-0.2, 0) is 13.1 Å². The van der Waals surface area contributed by atoms with E-state index in [1.165, 1.54) is 25.9 Å². The van der Waals surface area contributed by atoms with Gasteiger partial charge in [0.05, 0.1) is 0 Å². The number of nitrogen functional groups attached to an aromatic ring is 1. The number of hydrogen-bond donors (Lipinski definition) is 1. The summed E-state index contributed by atoms with van der Waals surface area (Å²) < 4.78 is 2.04. The minimum atomic E-state index is 0.189. The van der Waals surface area contributed by atoms with Crippen LogP contribution in [0.1, 0.15) is 36.4 Å². The van der Waals surface area contributed by atoms with E-state index in [0.717, 1.165) is 50.4 Å². The van der Waals surface area contributed by atoms with Crippen LogP contribution in [-0.4, -0.2) is 70.7 Å². The van der Waals surface area contributed by atoms with Gasteiger partial charge < -0.3 is 25.0 Å². The molecule has 0 aromatic carbocycles. The second-order valence-corrected chi connectivity index (χ2v) is 9.47. The van der Waals surface area contributed by atoms with Gasteiger partial charge in [-0.2, -0.15) is 4.98 Å². The maximum absolute atomic E-state index is 13.3. The monoisotopic (exact) mass is 423 g/mol. The molecule has 2 bridgehead atoms. The Balaban J connectivity index is 1.29. The van der Waals surface area contributed by atoms with Crippen LogP contribution < -0.4 is 16.2 Å². The van der Waals surface area contributed by atoms with Gasteiger partial charge in [-0.05, 0) is 57.5 Å². The van der Waals surface area contributed by atoms with Gasteiger partial charge in [0, 0.05) is 62.6 Å². The van der Waals surface area contributed by atoms with E-state index in [1.807, 2.05) is 4.57 Å². The number of piperidine rings is 1. The molecule has 0 amide bonds. The number of likely N-dealkylation sites (N-methyl/N-ethyl adjacent to an activating group) is 1. The van der Waals surface area contributed by atoms with Crippen LogP contribution in [0.25, 0.3) is 0 Å². The second kappa shape index (κ2) is 8.59. The third-order valence-electron chi connectivity index (χ3n) is 7.07. The third kappa shape index (κ3) is 4.32. The number of likely N-dealkylation sites (tertiary alicyclic amines) is 1. The van der Waals surface area contributed by atoms with Crippen molar-refractivity contribution in [3.63, 3.8) is 0 Å². The SMILES string of the molecule is CN(CCN1CCCC1)Cc1ccc2n(c1=O)C[C@H]1C[C@@H]2CN(c2nccc(N)n2)C1. The van der Waals surface area contributed by atoms with E-state index >= 15 is 0 Å². The number of pyridine rings is 1. The Morgan fingerprint density at radius 3 is 2.81 bits per heavy atom. The van der Waals surface area contributed by atoms with Crippen LogP contribution in [0.4, 0.5) is 11.8 Å². The van der Waals surface area contributed by atoms with E-state index in [2.05, 4.69) is 43.8 Å². The lowest BCUT2D eigenvalue weighted by Gasteiger charge is -2.43. The zero-order valence-electron chi connectivity index (χ0n) is 18.4. The quantitative estimate of drug-likeness (QED) is 0.751. The molecular formula is C23H33N7O. The molecule has 0 spiro atoms. The molecule has 3 aliphatic heterocycles. The van der Waals surface area contributed by atoms with Crippen LogP contribution >= 0.6 is 0 Å². The summed E-state index contributed by atoms with van der Waals surface area (Å²) in [4.78, 5) is 29.2. The minimum Gasteiger partial charge on any atom is -0.384 e. The van der Waals surface area contributed by atoms with Gasteiger partial charge in [-0.15, -0.1) is 0 Å². The number of anilines is 2. The molecule has 2 N–H and O–H groups in total. The molecule has 166 valence electrons. The van der Waals surface area contributed by atoms with Crippen LogP contribution in [0.2, 0.25) is 0 Å². The molecule has 5 heterocycles. The van der Waals surface area contributed by atoms with Crippen molar-refractivity contribution in [2.45, 2.75) is 38.3 Å². The van der Waals surface area contributed by atoms with E-state index in [0.29, 0.717) is 30.1 Å². The maximum Gasteiger partial charge on any atom is 0.255 e. The fourth-order valence-electron chi connectivity index (χ4n) is 5.48. The Hall–Kier alpha value is -2.45. The Labute approximate surface area is 183 Å². The highest BCUT2D eigenvalue weighted by Crippen LogP contribution is 2.36.